The summed E-state index contributed by atoms with van der Waals surface area (Å²) in [6, 6.07) is 7.59. The number of benzene rings is 1. The number of sulfone groups is 1. The molecule has 0 unspecified atom stereocenters. The lowest BCUT2D eigenvalue weighted by atomic mass is 10.3. The largest absolute Gasteiger partial charge is 0.264 e. The molecule has 0 aliphatic rings. The maximum Gasteiger partial charge on any atom is 0.182 e. The van der Waals surface area contributed by atoms with E-state index in [-0.39, 0.29) is 10.6 Å². The van der Waals surface area contributed by atoms with E-state index in [1.165, 1.54) is 24.5 Å². The lowest BCUT2D eigenvalue weighted by Gasteiger charge is -2.05. The van der Waals surface area contributed by atoms with Crippen molar-refractivity contribution in [2.24, 2.45) is 0 Å². The molecule has 0 spiro atoms. The van der Waals surface area contributed by atoms with Crippen molar-refractivity contribution in [3.05, 3.63) is 58.3 Å². The first-order valence-corrected chi connectivity index (χ1v) is 7.46. The highest BCUT2D eigenvalue weighted by atomic mass is 35.5. The van der Waals surface area contributed by atoms with Crippen molar-refractivity contribution in [3.8, 4) is 0 Å². The van der Waals surface area contributed by atoms with Crippen molar-refractivity contribution < 1.29 is 8.42 Å². The van der Waals surface area contributed by atoms with Gasteiger partial charge in [0.25, 0.3) is 0 Å². The number of halogens is 2. The minimum atomic E-state index is -3.44. The quantitative estimate of drug-likeness (QED) is 0.873. The lowest BCUT2D eigenvalue weighted by molar-refractivity contribution is 0.595. The fourth-order valence-corrected chi connectivity index (χ4v) is 3.18. The van der Waals surface area contributed by atoms with Crippen LogP contribution in [0.4, 0.5) is 0 Å². The molecule has 0 bridgehead atoms. The second-order valence-corrected chi connectivity index (χ2v) is 6.51. The van der Waals surface area contributed by atoms with Crippen LogP contribution < -0.4 is 0 Å². The number of nitrogens with zero attached hydrogens (tertiary/aromatic N) is 1. The molecule has 2 rings (SSSR count). The van der Waals surface area contributed by atoms with Crippen LogP contribution in [0.3, 0.4) is 0 Å². The summed E-state index contributed by atoms with van der Waals surface area (Å²) in [6.45, 7) is 0. The predicted octanol–water partition coefficient (Wildman–Crippen LogP) is 3.36. The molecule has 0 aliphatic carbocycles. The van der Waals surface area contributed by atoms with E-state index >= 15 is 0 Å². The van der Waals surface area contributed by atoms with E-state index in [9.17, 15) is 8.42 Å². The van der Waals surface area contributed by atoms with Crippen molar-refractivity contribution in [3.63, 3.8) is 0 Å². The van der Waals surface area contributed by atoms with E-state index in [1.54, 1.807) is 18.2 Å². The van der Waals surface area contributed by atoms with Crippen LogP contribution in [0.15, 0.2) is 47.6 Å². The molecule has 0 fully saturated rings. The number of hydrogen-bond acceptors (Lipinski definition) is 3. The molecule has 1 aromatic carbocycles. The highest BCUT2D eigenvalue weighted by Crippen LogP contribution is 2.22. The third-order valence-corrected chi connectivity index (χ3v) is 4.66. The van der Waals surface area contributed by atoms with Gasteiger partial charge in [-0.2, -0.15) is 0 Å². The Hall–Kier alpha value is -1.10. The average molecular weight is 302 g/mol. The first-order valence-electron chi connectivity index (χ1n) is 5.06. The molecule has 0 N–H and O–H groups in total. The molecule has 0 saturated carbocycles. The van der Waals surface area contributed by atoms with Crippen LogP contribution in [-0.2, 0) is 15.6 Å². The van der Waals surface area contributed by atoms with E-state index in [2.05, 4.69) is 4.98 Å². The minimum Gasteiger partial charge on any atom is -0.264 e. The molecule has 0 radical (unpaired) electrons. The van der Waals surface area contributed by atoms with Crippen molar-refractivity contribution >= 4 is 33.0 Å². The number of aromatic nitrogens is 1. The molecule has 0 amide bonds. The van der Waals surface area contributed by atoms with Gasteiger partial charge in [-0.1, -0.05) is 23.2 Å². The van der Waals surface area contributed by atoms with Crippen molar-refractivity contribution in [1.29, 1.82) is 0 Å². The molecular formula is C12H9Cl2NO2S. The smallest absolute Gasteiger partial charge is 0.182 e. The molecule has 1 heterocycles. The Kier molecular flexibility index (Phi) is 3.90. The Balaban J connectivity index is 2.33. The van der Waals surface area contributed by atoms with Gasteiger partial charge in [0, 0.05) is 28.0 Å². The van der Waals surface area contributed by atoms with Gasteiger partial charge in [-0.25, -0.2) is 8.42 Å². The second kappa shape index (κ2) is 5.26. The zero-order valence-electron chi connectivity index (χ0n) is 9.18. The van der Waals surface area contributed by atoms with E-state index in [0.29, 0.717) is 15.6 Å². The summed E-state index contributed by atoms with van der Waals surface area (Å²) < 4.78 is 24.3. The molecule has 0 saturated heterocycles. The molecule has 6 heteroatoms. The Morgan fingerprint density at radius 1 is 1.06 bits per heavy atom. The molecule has 1 aromatic heterocycles. The summed E-state index contributed by atoms with van der Waals surface area (Å²) in [5.74, 6) is -0.179. The van der Waals surface area contributed by atoms with Gasteiger partial charge in [-0.15, -0.1) is 0 Å². The molecule has 2 aromatic rings. The van der Waals surface area contributed by atoms with Gasteiger partial charge in [0.1, 0.15) is 0 Å². The fraction of sp³-hybridized carbons (Fsp3) is 0.0833. The minimum absolute atomic E-state index is 0.179. The van der Waals surface area contributed by atoms with Crippen molar-refractivity contribution in [2.45, 2.75) is 10.6 Å². The first-order chi connectivity index (χ1) is 8.49. The van der Waals surface area contributed by atoms with Crippen LogP contribution in [0, 0.1) is 0 Å². The third-order valence-electron chi connectivity index (χ3n) is 2.36. The van der Waals surface area contributed by atoms with Gasteiger partial charge >= 0.3 is 0 Å². The average Bonchev–Trinajstić information content (AvgIpc) is 2.32. The van der Waals surface area contributed by atoms with Crippen molar-refractivity contribution in [1.82, 2.24) is 4.98 Å². The Morgan fingerprint density at radius 3 is 2.33 bits per heavy atom. The summed E-state index contributed by atoms with van der Waals surface area (Å²) in [7, 11) is -3.44. The Labute approximate surface area is 115 Å². The summed E-state index contributed by atoms with van der Waals surface area (Å²) >= 11 is 11.6. The summed E-state index contributed by atoms with van der Waals surface area (Å²) in [4.78, 5) is 4.08. The Bertz CT molecular complexity index is 654. The zero-order chi connectivity index (χ0) is 13.2. The summed E-state index contributed by atoms with van der Waals surface area (Å²) in [5.41, 5.74) is 0.481. The van der Waals surface area contributed by atoms with Gasteiger partial charge in [-0.05, 0) is 30.3 Å². The van der Waals surface area contributed by atoms with E-state index in [1.807, 2.05) is 0 Å². The lowest BCUT2D eigenvalue weighted by Crippen LogP contribution is -2.05. The Morgan fingerprint density at radius 2 is 1.72 bits per heavy atom. The van der Waals surface area contributed by atoms with Crippen molar-refractivity contribution in [2.75, 3.05) is 0 Å². The predicted molar refractivity (Wildman–Crippen MR) is 71.6 cm³/mol. The zero-order valence-corrected chi connectivity index (χ0v) is 11.5. The van der Waals surface area contributed by atoms with Gasteiger partial charge in [0.05, 0.1) is 10.6 Å². The molecule has 3 nitrogen and oxygen atoms in total. The van der Waals surface area contributed by atoms with Gasteiger partial charge < -0.3 is 0 Å². The number of hydrogen-bond donors (Lipinski definition) is 0. The second-order valence-electron chi connectivity index (χ2n) is 3.68. The van der Waals surface area contributed by atoms with Gasteiger partial charge in [0.2, 0.25) is 0 Å². The molecular weight excluding hydrogens is 293 g/mol. The molecule has 18 heavy (non-hydrogen) atoms. The molecule has 0 atom stereocenters. The highest BCUT2D eigenvalue weighted by molar-refractivity contribution is 7.90. The SMILES string of the molecule is O=S(=O)(Cc1cnccc1Cl)c1ccc(Cl)cc1. The van der Waals surface area contributed by atoms with Crippen LogP contribution in [0.2, 0.25) is 10.0 Å². The van der Waals surface area contributed by atoms with Crippen LogP contribution in [0.5, 0.6) is 0 Å². The normalized spacial score (nSPS) is 11.4. The van der Waals surface area contributed by atoms with Crippen LogP contribution in [-0.4, -0.2) is 13.4 Å². The van der Waals surface area contributed by atoms with Gasteiger partial charge in [0.15, 0.2) is 9.84 Å². The maximum absolute atomic E-state index is 12.1. The topological polar surface area (TPSA) is 47.0 Å². The number of rotatable bonds is 3. The summed E-state index contributed by atoms with van der Waals surface area (Å²) in [6.07, 6.45) is 2.97. The fourth-order valence-electron chi connectivity index (χ4n) is 1.45. The van der Waals surface area contributed by atoms with Crippen LogP contribution in [0.1, 0.15) is 5.56 Å². The maximum atomic E-state index is 12.1. The van der Waals surface area contributed by atoms with E-state index < -0.39 is 9.84 Å². The number of pyridine rings is 1. The molecule has 0 aliphatic heterocycles. The third kappa shape index (κ3) is 3.02. The van der Waals surface area contributed by atoms with Gasteiger partial charge in [-0.3, -0.25) is 4.98 Å². The standard InChI is InChI=1S/C12H9Cl2NO2S/c13-10-1-3-11(4-2-10)18(16,17)8-9-7-15-6-5-12(9)14/h1-7H,8H2. The van der Waals surface area contributed by atoms with E-state index in [0.717, 1.165) is 0 Å². The van der Waals surface area contributed by atoms with Crippen LogP contribution in [0.25, 0.3) is 0 Å². The van der Waals surface area contributed by atoms with Crippen LogP contribution >= 0.6 is 23.2 Å². The molecule has 94 valence electrons. The highest BCUT2D eigenvalue weighted by Gasteiger charge is 2.16. The summed E-state index contributed by atoms with van der Waals surface area (Å²) in [5, 5.41) is 0.885. The van der Waals surface area contributed by atoms with E-state index in [4.69, 9.17) is 23.2 Å². The monoisotopic (exact) mass is 301 g/mol. The first kappa shape index (κ1) is 13.3.